The van der Waals surface area contributed by atoms with E-state index >= 15 is 0 Å². The van der Waals surface area contributed by atoms with Crippen molar-refractivity contribution in [1.29, 1.82) is 0 Å². The smallest absolute Gasteiger partial charge is 0.243 e. The molecule has 0 spiro atoms. The van der Waals surface area contributed by atoms with E-state index in [2.05, 4.69) is 5.32 Å². The van der Waals surface area contributed by atoms with Crippen LogP contribution in [0.3, 0.4) is 0 Å². The Labute approximate surface area is 131 Å². The van der Waals surface area contributed by atoms with Gasteiger partial charge in [-0.1, -0.05) is 0 Å². The lowest BCUT2D eigenvalue weighted by Crippen LogP contribution is -2.40. The molecule has 6 nitrogen and oxygen atoms in total. The van der Waals surface area contributed by atoms with E-state index in [1.165, 1.54) is 0 Å². The monoisotopic (exact) mass is 326 g/mol. The molecular weight excluding hydrogens is 304 g/mol. The van der Waals surface area contributed by atoms with E-state index in [1.807, 2.05) is 7.05 Å². The number of benzene rings is 1. The van der Waals surface area contributed by atoms with Gasteiger partial charge in [-0.25, -0.2) is 8.42 Å². The highest BCUT2D eigenvalue weighted by Crippen LogP contribution is 2.33. The average molecular weight is 326 g/mol. The van der Waals surface area contributed by atoms with Crippen molar-refractivity contribution < 1.29 is 17.9 Å². The van der Waals surface area contributed by atoms with E-state index in [1.54, 1.807) is 22.5 Å². The summed E-state index contributed by atoms with van der Waals surface area (Å²) in [5, 5.41) is 3.16. The fraction of sp³-hybridized carbons (Fsp3) is 0.600. The van der Waals surface area contributed by atoms with Gasteiger partial charge < -0.3 is 14.8 Å². The third kappa shape index (κ3) is 3.06. The highest BCUT2D eigenvalue weighted by atomic mass is 32.2. The maximum atomic E-state index is 12.8. The van der Waals surface area contributed by atoms with E-state index in [4.69, 9.17) is 9.47 Å². The molecule has 2 heterocycles. The second kappa shape index (κ2) is 6.44. The summed E-state index contributed by atoms with van der Waals surface area (Å²) in [5.74, 6) is 1.67. The third-order valence-electron chi connectivity index (χ3n) is 4.22. The first-order valence-electron chi connectivity index (χ1n) is 7.65. The molecule has 0 saturated carbocycles. The summed E-state index contributed by atoms with van der Waals surface area (Å²) < 4.78 is 38.0. The summed E-state index contributed by atoms with van der Waals surface area (Å²) in [6, 6.07) is 4.85. The van der Waals surface area contributed by atoms with E-state index in [0.717, 1.165) is 19.4 Å². The molecule has 0 aliphatic carbocycles. The molecule has 2 aliphatic heterocycles. The summed E-state index contributed by atoms with van der Waals surface area (Å²) in [5.41, 5.74) is 0. The van der Waals surface area contributed by atoms with Crippen LogP contribution in [0.1, 0.15) is 12.8 Å². The molecule has 1 saturated heterocycles. The van der Waals surface area contributed by atoms with Crippen molar-refractivity contribution >= 4 is 10.0 Å². The number of piperidine rings is 1. The number of rotatable bonds is 4. The van der Waals surface area contributed by atoms with E-state index in [0.29, 0.717) is 43.7 Å². The standard InChI is InChI=1S/C15H22N2O4S/c1-16-11-12-4-6-17(7-5-12)22(18,19)13-2-3-14-15(10-13)21-9-8-20-14/h2-3,10,12,16H,4-9,11H2,1H3. The van der Waals surface area contributed by atoms with Crippen LogP contribution in [0.4, 0.5) is 0 Å². The average Bonchev–Trinajstić information content (AvgIpc) is 2.55. The molecular formula is C15H22N2O4S. The van der Waals surface area contributed by atoms with Crippen LogP contribution in [0.25, 0.3) is 0 Å². The number of nitrogens with one attached hydrogen (secondary N) is 1. The normalized spacial score (nSPS) is 20.0. The summed E-state index contributed by atoms with van der Waals surface area (Å²) in [6.45, 7) is 3.04. The molecule has 1 N–H and O–H groups in total. The number of ether oxygens (including phenoxy) is 2. The fourth-order valence-electron chi connectivity index (χ4n) is 2.98. The molecule has 2 aliphatic rings. The second-order valence-electron chi connectivity index (χ2n) is 5.71. The molecule has 0 amide bonds. The van der Waals surface area contributed by atoms with Crippen LogP contribution in [0, 0.1) is 5.92 Å². The van der Waals surface area contributed by atoms with Gasteiger partial charge in [0.15, 0.2) is 11.5 Å². The molecule has 122 valence electrons. The summed E-state index contributed by atoms with van der Waals surface area (Å²) in [7, 11) is -1.53. The van der Waals surface area contributed by atoms with Gasteiger partial charge in [0.05, 0.1) is 4.90 Å². The topological polar surface area (TPSA) is 67.9 Å². The molecule has 0 aromatic heterocycles. The number of hydrogen-bond donors (Lipinski definition) is 1. The zero-order valence-corrected chi connectivity index (χ0v) is 13.6. The summed E-state index contributed by atoms with van der Waals surface area (Å²) in [6.07, 6.45) is 1.79. The van der Waals surface area contributed by atoms with Gasteiger partial charge >= 0.3 is 0 Å². The summed E-state index contributed by atoms with van der Waals surface area (Å²) in [4.78, 5) is 0.281. The van der Waals surface area contributed by atoms with Gasteiger partial charge in [-0.2, -0.15) is 4.31 Å². The Balaban J connectivity index is 1.76. The molecule has 22 heavy (non-hydrogen) atoms. The van der Waals surface area contributed by atoms with E-state index < -0.39 is 10.0 Å². The van der Waals surface area contributed by atoms with E-state index in [9.17, 15) is 8.42 Å². The van der Waals surface area contributed by atoms with Crippen LogP contribution < -0.4 is 14.8 Å². The molecule has 1 fully saturated rings. The van der Waals surface area contributed by atoms with Gasteiger partial charge in [-0.15, -0.1) is 0 Å². The molecule has 0 bridgehead atoms. The molecule has 0 radical (unpaired) electrons. The zero-order valence-electron chi connectivity index (χ0n) is 12.7. The quantitative estimate of drug-likeness (QED) is 0.897. The summed E-state index contributed by atoms with van der Waals surface area (Å²) >= 11 is 0. The Bertz CT molecular complexity index is 624. The number of sulfonamides is 1. The Kier molecular flexibility index (Phi) is 4.56. The van der Waals surface area contributed by atoms with Gasteiger partial charge in [-0.3, -0.25) is 0 Å². The van der Waals surface area contributed by atoms with Gasteiger partial charge in [-0.05, 0) is 44.5 Å². The minimum Gasteiger partial charge on any atom is -0.486 e. The zero-order chi connectivity index (χ0) is 15.6. The van der Waals surface area contributed by atoms with Gasteiger partial charge in [0.1, 0.15) is 13.2 Å². The van der Waals surface area contributed by atoms with Crippen molar-refractivity contribution in [2.24, 2.45) is 5.92 Å². The Morgan fingerprint density at radius 3 is 2.55 bits per heavy atom. The molecule has 0 atom stereocenters. The third-order valence-corrected chi connectivity index (χ3v) is 6.11. The van der Waals surface area contributed by atoms with Crippen molar-refractivity contribution in [1.82, 2.24) is 9.62 Å². The van der Waals surface area contributed by atoms with Gasteiger partial charge in [0, 0.05) is 19.2 Å². The molecule has 7 heteroatoms. The molecule has 3 rings (SSSR count). The van der Waals surface area contributed by atoms with Crippen molar-refractivity contribution in [3.63, 3.8) is 0 Å². The predicted octanol–water partition coefficient (Wildman–Crippen LogP) is 1.08. The minimum absolute atomic E-state index is 0.281. The van der Waals surface area contributed by atoms with Crippen LogP contribution in [0.15, 0.2) is 23.1 Å². The lowest BCUT2D eigenvalue weighted by atomic mass is 9.98. The van der Waals surface area contributed by atoms with E-state index in [-0.39, 0.29) is 4.90 Å². The predicted molar refractivity (Wildman–Crippen MR) is 82.8 cm³/mol. The van der Waals surface area contributed by atoms with Gasteiger partial charge in [0.25, 0.3) is 0 Å². The Morgan fingerprint density at radius 2 is 1.86 bits per heavy atom. The SMILES string of the molecule is CNCC1CCN(S(=O)(=O)c2ccc3c(c2)OCCO3)CC1. The van der Waals surface area contributed by atoms with Crippen molar-refractivity contribution in [2.75, 3.05) is 39.9 Å². The van der Waals surface area contributed by atoms with Crippen molar-refractivity contribution in [3.05, 3.63) is 18.2 Å². The van der Waals surface area contributed by atoms with Gasteiger partial charge in [0.2, 0.25) is 10.0 Å². The number of hydrogen-bond acceptors (Lipinski definition) is 5. The number of nitrogens with zero attached hydrogens (tertiary/aromatic N) is 1. The Morgan fingerprint density at radius 1 is 1.18 bits per heavy atom. The highest BCUT2D eigenvalue weighted by Gasteiger charge is 2.30. The molecule has 1 aromatic carbocycles. The van der Waals surface area contributed by atoms with Crippen LogP contribution in [-0.4, -0.2) is 52.6 Å². The van der Waals surface area contributed by atoms with Crippen molar-refractivity contribution in [2.45, 2.75) is 17.7 Å². The maximum absolute atomic E-state index is 12.8. The first kappa shape index (κ1) is 15.6. The van der Waals surface area contributed by atoms with Crippen LogP contribution in [-0.2, 0) is 10.0 Å². The second-order valence-corrected chi connectivity index (χ2v) is 7.65. The molecule has 1 aromatic rings. The van der Waals surface area contributed by atoms with Crippen LogP contribution in [0.2, 0.25) is 0 Å². The lowest BCUT2D eigenvalue weighted by molar-refractivity contribution is 0.171. The largest absolute Gasteiger partial charge is 0.486 e. The lowest BCUT2D eigenvalue weighted by Gasteiger charge is -2.31. The van der Waals surface area contributed by atoms with Crippen molar-refractivity contribution in [3.8, 4) is 11.5 Å². The molecule has 0 unspecified atom stereocenters. The first-order chi connectivity index (χ1) is 10.6. The van der Waals surface area contributed by atoms with Crippen LogP contribution in [0.5, 0.6) is 11.5 Å². The van der Waals surface area contributed by atoms with Crippen LogP contribution >= 0.6 is 0 Å². The fourth-order valence-corrected chi connectivity index (χ4v) is 4.46. The maximum Gasteiger partial charge on any atom is 0.243 e. The first-order valence-corrected chi connectivity index (χ1v) is 9.09. The number of fused-ring (bicyclic) bond motifs is 1. The highest BCUT2D eigenvalue weighted by molar-refractivity contribution is 7.89. The Hall–Kier alpha value is -1.31. The minimum atomic E-state index is -3.46.